The summed E-state index contributed by atoms with van der Waals surface area (Å²) in [5, 5.41) is 7.78. The Labute approximate surface area is 223 Å². The third kappa shape index (κ3) is 3.87. The molecule has 3 heteroatoms. The molecule has 1 aliphatic heterocycles. The van der Waals surface area contributed by atoms with Gasteiger partial charge in [-0.2, -0.15) is 0 Å². The van der Waals surface area contributed by atoms with Crippen LogP contribution in [0.25, 0.3) is 43.6 Å². The van der Waals surface area contributed by atoms with Gasteiger partial charge in [-0.1, -0.05) is 0 Å². The number of benzene rings is 4. The number of fused-ring (bicyclic) bond motifs is 5. The number of aromatic nitrogens is 1. The van der Waals surface area contributed by atoms with E-state index in [-0.39, 0.29) is 5.41 Å². The first kappa shape index (κ1) is 24.5. The fourth-order valence-electron chi connectivity index (χ4n) is 6.12. The first-order valence-electron chi connectivity index (χ1n) is 13.5. The molecule has 0 unspecified atom stereocenters. The van der Waals surface area contributed by atoms with Gasteiger partial charge in [0.25, 0.3) is 0 Å². The second-order valence-corrected chi connectivity index (χ2v) is 24.0. The number of aryl methyl sites for hydroxylation is 3. The summed E-state index contributed by atoms with van der Waals surface area (Å²) in [6.45, 7) is 11.4. The van der Waals surface area contributed by atoms with E-state index >= 15 is 0 Å². The SMILES string of the molecule is Cc1ccc2c(CC(C)(C)C)c3c(c(C)c2c1)-c1c2c(cc4cc[c]([Ge]([CH3])([CH3])[CH3])cc4c2cc[n+]1C)O3. The van der Waals surface area contributed by atoms with Crippen LogP contribution in [0.2, 0.25) is 17.3 Å². The number of hydrogen-bond acceptors (Lipinski definition) is 1. The van der Waals surface area contributed by atoms with Crippen molar-refractivity contribution in [3.63, 3.8) is 0 Å². The minimum atomic E-state index is -1.98. The van der Waals surface area contributed by atoms with E-state index in [0.717, 1.165) is 17.9 Å². The van der Waals surface area contributed by atoms with Crippen molar-refractivity contribution in [3.8, 4) is 22.8 Å². The van der Waals surface area contributed by atoms with Crippen LogP contribution in [-0.4, -0.2) is 13.3 Å². The van der Waals surface area contributed by atoms with Crippen molar-refractivity contribution in [1.29, 1.82) is 0 Å². The number of hydrogen-bond donors (Lipinski definition) is 0. The predicted octanol–water partition coefficient (Wildman–Crippen LogP) is 8.49. The Morgan fingerprint density at radius 1 is 0.838 bits per heavy atom. The molecule has 0 amide bonds. The number of nitrogens with zero attached hydrogens (tertiary/aromatic N) is 1. The predicted molar refractivity (Wildman–Crippen MR) is 161 cm³/mol. The molecule has 0 N–H and O–H groups in total. The van der Waals surface area contributed by atoms with Crippen LogP contribution in [0.4, 0.5) is 0 Å². The summed E-state index contributed by atoms with van der Waals surface area (Å²) >= 11 is -1.98. The molecule has 2 heterocycles. The van der Waals surface area contributed by atoms with Crippen molar-refractivity contribution in [2.24, 2.45) is 12.5 Å². The molecule has 188 valence electrons. The van der Waals surface area contributed by atoms with Crippen molar-refractivity contribution in [2.75, 3.05) is 0 Å². The summed E-state index contributed by atoms with van der Waals surface area (Å²) in [6, 6.07) is 18.6. The van der Waals surface area contributed by atoms with Crippen LogP contribution in [0.5, 0.6) is 11.5 Å². The topological polar surface area (TPSA) is 13.1 Å². The molecular formula is C34H38GeNO+. The molecule has 0 fully saturated rings. The number of pyridine rings is 1. The summed E-state index contributed by atoms with van der Waals surface area (Å²) in [6.07, 6.45) is 3.20. The zero-order chi connectivity index (χ0) is 26.4. The summed E-state index contributed by atoms with van der Waals surface area (Å²) in [4.78, 5) is 0. The maximum atomic E-state index is 7.00. The fourth-order valence-corrected chi connectivity index (χ4v) is 8.56. The molecule has 1 aromatic heterocycles. The molecule has 0 aliphatic carbocycles. The van der Waals surface area contributed by atoms with Crippen LogP contribution < -0.4 is 13.7 Å². The summed E-state index contributed by atoms with van der Waals surface area (Å²) < 4.78 is 10.9. The second kappa shape index (κ2) is 8.07. The first-order chi connectivity index (χ1) is 17.3. The maximum absolute atomic E-state index is 7.00. The van der Waals surface area contributed by atoms with Crippen LogP contribution >= 0.6 is 0 Å². The molecule has 37 heavy (non-hydrogen) atoms. The zero-order valence-corrected chi connectivity index (χ0v) is 25.9. The molecule has 0 radical (unpaired) electrons. The average Bonchev–Trinajstić information content (AvgIpc) is 2.81. The Balaban J connectivity index is 1.78. The molecule has 0 atom stereocenters. The molecule has 1 aliphatic rings. The zero-order valence-electron chi connectivity index (χ0n) is 23.8. The molecule has 6 rings (SSSR count). The van der Waals surface area contributed by atoms with Gasteiger partial charge in [0.05, 0.1) is 0 Å². The van der Waals surface area contributed by atoms with Crippen molar-refractivity contribution in [3.05, 3.63) is 71.4 Å². The monoisotopic (exact) mass is 550 g/mol. The van der Waals surface area contributed by atoms with E-state index in [2.05, 4.69) is 118 Å². The van der Waals surface area contributed by atoms with E-state index in [1.54, 1.807) is 4.40 Å². The molecule has 4 aromatic carbocycles. The van der Waals surface area contributed by atoms with Gasteiger partial charge >= 0.3 is 224 Å². The van der Waals surface area contributed by atoms with E-state index in [1.165, 1.54) is 60.3 Å². The second-order valence-electron chi connectivity index (χ2n) is 13.3. The van der Waals surface area contributed by atoms with Crippen molar-refractivity contribution >= 4 is 50.0 Å². The number of ether oxygens (including phenoxy) is 1. The fraction of sp³-hybridized carbons (Fsp3) is 0.324. The van der Waals surface area contributed by atoms with Crippen molar-refractivity contribution in [1.82, 2.24) is 0 Å². The van der Waals surface area contributed by atoms with Gasteiger partial charge in [-0.25, -0.2) is 0 Å². The Bertz CT molecular complexity index is 1770. The van der Waals surface area contributed by atoms with Crippen LogP contribution in [0.1, 0.15) is 37.5 Å². The minimum absolute atomic E-state index is 0.136. The van der Waals surface area contributed by atoms with Crippen LogP contribution in [-0.2, 0) is 13.5 Å². The van der Waals surface area contributed by atoms with Gasteiger partial charge in [-0.15, -0.1) is 0 Å². The van der Waals surface area contributed by atoms with E-state index < -0.39 is 13.3 Å². The Morgan fingerprint density at radius 3 is 2.30 bits per heavy atom. The standard InChI is InChI=1S/C34H38GeNO/c1-20-10-13-24-26(16-20)21(2)30-32-31-25(14-15-36(32)9)27-18-23(35(6,7)8)12-11-22(27)17-29(31)37-33(30)28(24)19-34(3,4)5/h10-18H,19H2,1-9H3/q+1. The third-order valence-corrected chi connectivity index (χ3v) is 12.3. The normalized spacial score (nSPS) is 13.3. The summed E-state index contributed by atoms with van der Waals surface area (Å²) in [5.74, 6) is 9.43. The van der Waals surface area contributed by atoms with E-state index in [0.29, 0.717) is 0 Å². The molecule has 0 saturated carbocycles. The van der Waals surface area contributed by atoms with Crippen molar-refractivity contribution in [2.45, 2.75) is 58.3 Å². The van der Waals surface area contributed by atoms with Gasteiger partial charge in [-0.05, 0) is 0 Å². The van der Waals surface area contributed by atoms with E-state index in [1.807, 2.05) is 0 Å². The van der Waals surface area contributed by atoms with E-state index in [9.17, 15) is 0 Å². The van der Waals surface area contributed by atoms with E-state index in [4.69, 9.17) is 4.74 Å². The summed E-state index contributed by atoms with van der Waals surface area (Å²) in [7, 11) is 2.18. The Kier molecular flexibility index (Phi) is 5.34. The number of rotatable bonds is 2. The summed E-state index contributed by atoms with van der Waals surface area (Å²) in [5.41, 5.74) is 6.58. The van der Waals surface area contributed by atoms with Gasteiger partial charge in [0.2, 0.25) is 0 Å². The molecule has 0 bridgehead atoms. The average molecular weight is 549 g/mol. The molecule has 5 aromatic rings. The van der Waals surface area contributed by atoms with Gasteiger partial charge < -0.3 is 0 Å². The van der Waals surface area contributed by atoms with Gasteiger partial charge in [0, 0.05) is 0 Å². The first-order valence-corrected chi connectivity index (χ1v) is 20.8. The van der Waals surface area contributed by atoms with Crippen molar-refractivity contribution < 1.29 is 9.30 Å². The molecule has 0 saturated heterocycles. The molecule has 2 nitrogen and oxygen atoms in total. The van der Waals surface area contributed by atoms with Gasteiger partial charge in [-0.3, -0.25) is 0 Å². The Hall–Kier alpha value is -2.85. The molecule has 0 spiro atoms. The quantitative estimate of drug-likeness (QED) is 0.120. The van der Waals surface area contributed by atoms with Crippen LogP contribution in [0, 0.1) is 19.3 Å². The van der Waals surface area contributed by atoms with Crippen LogP contribution in [0.3, 0.4) is 0 Å². The van der Waals surface area contributed by atoms with Gasteiger partial charge in [0.15, 0.2) is 0 Å². The van der Waals surface area contributed by atoms with Gasteiger partial charge in [0.1, 0.15) is 0 Å². The third-order valence-electron chi connectivity index (χ3n) is 8.00. The Morgan fingerprint density at radius 2 is 1.59 bits per heavy atom. The van der Waals surface area contributed by atoms with Crippen LogP contribution in [0.15, 0.2) is 54.7 Å². The molecular weight excluding hydrogens is 511 g/mol.